The SMILES string of the molecule is CC(C)(C)c1csc(NC(=O)c2cc(N)ccn2)n1. The molecule has 0 atom stereocenters. The van der Waals surface area contributed by atoms with E-state index in [9.17, 15) is 4.79 Å². The van der Waals surface area contributed by atoms with Crippen molar-refractivity contribution in [2.45, 2.75) is 26.2 Å². The number of amides is 1. The first-order valence-corrected chi connectivity index (χ1v) is 6.73. The van der Waals surface area contributed by atoms with Gasteiger partial charge >= 0.3 is 0 Å². The summed E-state index contributed by atoms with van der Waals surface area (Å²) in [4.78, 5) is 20.3. The smallest absolute Gasteiger partial charge is 0.276 e. The van der Waals surface area contributed by atoms with Crippen LogP contribution in [0.3, 0.4) is 0 Å². The summed E-state index contributed by atoms with van der Waals surface area (Å²) >= 11 is 1.40. The van der Waals surface area contributed by atoms with Crippen LogP contribution in [0, 0.1) is 0 Å². The molecule has 3 N–H and O–H groups in total. The highest BCUT2D eigenvalue weighted by molar-refractivity contribution is 7.14. The molecule has 6 heteroatoms. The predicted octanol–water partition coefficient (Wildman–Crippen LogP) is 2.67. The molecule has 2 rings (SSSR count). The second-order valence-corrected chi connectivity index (χ2v) is 6.07. The third-order valence-corrected chi connectivity index (χ3v) is 3.27. The standard InChI is InChI=1S/C13H16N4OS/c1-13(2,3)10-7-19-12(16-10)17-11(18)9-6-8(14)4-5-15-9/h4-7H,1-3H3,(H2,14,15)(H,16,17,18). The van der Waals surface area contributed by atoms with Crippen LogP contribution in [0.1, 0.15) is 37.0 Å². The van der Waals surface area contributed by atoms with Crippen LogP contribution in [0.25, 0.3) is 0 Å². The molecule has 19 heavy (non-hydrogen) atoms. The maximum absolute atomic E-state index is 12.0. The van der Waals surface area contributed by atoms with E-state index in [1.807, 2.05) is 5.38 Å². The van der Waals surface area contributed by atoms with E-state index in [0.29, 0.717) is 10.8 Å². The lowest BCUT2D eigenvalue weighted by atomic mass is 9.93. The normalized spacial score (nSPS) is 11.3. The molecule has 0 bridgehead atoms. The number of nitrogens with two attached hydrogens (primary N) is 1. The number of carbonyl (C=O) groups is 1. The maximum Gasteiger partial charge on any atom is 0.276 e. The summed E-state index contributed by atoms with van der Waals surface area (Å²) in [6.07, 6.45) is 1.51. The molecule has 2 aromatic heterocycles. The molecule has 0 aliphatic rings. The lowest BCUT2D eigenvalue weighted by Crippen LogP contribution is -2.15. The van der Waals surface area contributed by atoms with Gasteiger partial charge in [0.15, 0.2) is 5.13 Å². The van der Waals surface area contributed by atoms with Crippen LogP contribution in [0.4, 0.5) is 10.8 Å². The molecule has 100 valence electrons. The van der Waals surface area contributed by atoms with Gasteiger partial charge in [-0.2, -0.15) is 0 Å². The minimum Gasteiger partial charge on any atom is -0.399 e. The zero-order valence-electron chi connectivity index (χ0n) is 11.1. The summed E-state index contributed by atoms with van der Waals surface area (Å²) in [6, 6.07) is 3.17. The van der Waals surface area contributed by atoms with Crippen LogP contribution in [0.15, 0.2) is 23.7 Å². The van der Waals surface area contributed by atoms with Crippen LogP contribution in [0.5, 0.6) is 0 Å². The Kier molecular flexibility index (Phi) is 3.53. The van der Waals surface area contributed by atoms with Gasteiger partial charge in [0.2, 0.25) is 0 Å². The largest absolute Gasteiger partial charge is 0.399 e. The number of anilines is 2. The van der Waals surface area contributed by atoms with E-state index in [1.54, 1.807) is 6.07 Å². The van der Waals surface area contributed by atoms with Gasteiger partial charge in [0.05, 0.1) is 5.69 Å². The summed E-state index contributed by atoms with van der Waals surface area (Å²) in [6.45, 7) is 6.23. The Hall–Kier alpha value is -1.95. The van der Waals surface area contributed by atoms with Gasteiger partial charge in [-0.25, -0.2) is 4.98 Å². The van der Waals surface area contributed by atoms with Crippen LogP contribution in [-0.2, 0) is 5.41 Å². The number of nitrogens with one attached hydrogen (secondary N) is 1. The lowest BCUT2D eigenvalue weighted by molar-refractivity contribution is 0.102. The topological polar surface area (TPSA) is 80.9 Å². The van der Waals surface area contributed by atoms with Crippen molar-refractivity contribution in [3.05, 3.63) is 35.1 Å². The quantitative estimate of drug-likeness (QED) is 0.883. The van der Waals surface area contributed by atoms with Crippen LogP contribution in [-0.4, -0.2) is 15.9 Å². The number of hydrogen-bond acceptors (Lipinski definition) is 5. The minimum atomic E-state index is -0.304. The first kappa shape index (κ1) is 13.5. The van der Waals surface area contributed by atoms with Gasteiger partial charge in [0.1, 0.15) is 5.69 Å². The van der Waals surface area contributed by atoms with Crippen LogP contribution >= 0.6 is 11.3 Å². The average Bonchev–Trinajstić information content (AvgIpc) is 2.77. The van der Waals surface area contributed by atoms with Gasteiger partial charge in [-0.05, 0) is 12.1 Å². The van der Waals surface area contributed by atoms with Crippen molar-refractivity contribution >= 4 is 28.1 Å². The molecule has 0 radical (unpaired) electrons. The number of aromatic nitrogens is 2. The van der Waals surface area contributed by atoms with Crippen LogP contribution in [0.2, 0.25) is 0 Å². The molecule has 0 aliphatic heterocycles. The molecular formula is C13H16N4OS. The first-order chi connectivity index (χ1) is 8.86. The molecule has 0 fully saturated rings. The second-order valence-electron chi connectivity index (χ2n) is 5.22. The fourth-order valence-corrected chi connectivity index (χ4v) is 2.34. The summed E-state index contributed by atoms with van der Waals surface area (Å²) in [5.74, 6) is -0.304. The number of nitrogen functional groups attached to an aromatic ring is 1. The minimum absolute atomic E-state index is 0.0328. The van der Waals surface area contributed by atoms with Gasteiger partial charge in [0, 0.05) is 22.7 Å². The van der Waals surface area contributed by atoms with Gasteiger partial charge in [-0.1, -0.05) is 20.8 Å². The van der Waals surface area contributed by atoms with Crippen molar-refractivity contribution in [3.8, 4) is 0 Å². The number of thiazole rings is 1. The van der Waals surface area contributed by atoms with E-state index in [-0.39, 0.29) is 17.0 Å². The summed E-state index contributed by atoms with van der Waals surface area (Å²) in [5.41, 5.74) is 7.33. The maximum atomic E-state index is 12.0. The fourth-order valence-electron chi connectivity index (χ4n) is 1.41. The summed E-state index contributed by atoms with van der Waals surface area (Å²) < 4.78 is 0. The average molecular weight is 276 g/mol. The van der Waals surface area contributed by atoms with Crippen molar-refractivity contribution < 1.29 is 4.79 Å². The molecule has 2 heterocycles. The van der Waals surface area contributed by atoms with Crippen molar-refractivity contribution in [1.82, 2.24) is 9.97 Å². The van der Waals surface area contributed by atoms with E-state index < -0.39 is 0 Å². The monoisotopic (exact) mass is 276 g/mol. The molecular weight excluding hydrogens is 260 g/mol. The summed E-state index contributed by atoms with van der Waals surface area (Å²) in [5, 5.41) is 5.24. The van der Waals surface area contributed by atoms with E-state index in [1.165, 1.54) is 23.6 Å². The highest BCUT2D eigenvalue weighted by Crippen LogP contribution is 2.26. The third kappa shape index (κ3) is 3.29. The third-order valence-electron chi connectivity index (χ3n) is 2.51. The predicted molar refractivity (Wildman–Crippen MR) is 77.4 cm³/mol. The lowest BCUT2D eigenvalue weighted by Gasteiger charge is -2.14. The second kappa shape index (κ2) is 4.97. The molecule has 1 amide bonds. The molecule has 0 spiro atoms. The number of nitrogens with zero attached hydrogens (tertiary/aromatic N) is 2. The van der Waals surface area contributed by atoms with E-state index in [0.717, 1.165) is 5.69 Å². The van der Waals surface area contributed by atoms with E-state index in [2.05, 4.69) is 36.1 Å². The Balaban J connectivity index is 2.13. The van der Waals surface area contributed by atoms with Gasteiger partial charge < -0.3 is 5.73 Å². The van der Waals surface area contributed by atoms with Crippen molar-refractivity contribution in [3.63, 3.8) is 0 Å². The Bertz CT molecular complexity index is 601. The Morgan fingerprint density at radius 1 is 1.42 bits per heavy atom. The molecule has 0 aliphatic carbocycles. The molecule has 2 aromatic rings. The number of carbonyl (C=O) groups excluding carboxylic acids is 1. The molecule has 0 unspecified atom stereocenters. The Morgan fingerprint density at radius 2 is 2.16 bits per heavy atom. The number of hydrogen-bond donors (Lipinski definition) is 2. The van der Waals surface area contributed by atoms with Crippen molar-refractivity contribution in [1.29, 1.82) is 0 Å². The van der Waals surface area contributed by atoms with Gasteiger partial charge in [0.25, 0.3) is 5.91 Å². The summed E-state index contributed by atoms with van der Waals surface area (Å²) in [7, 11) is 0. The fraction of sp³-hybridized carbons (Fsp3) is 0.308. The highest BCUT2D eigenvalue weighted by atomic mass is 32.1. The van der Waals surface area contributed by atoms with Crippen LogP contribution < -0.4 is 11.1 Å². The van der Waals surface area contributed by atoms with Crippen molar-refractivity contribution in [2.75, 3.05) is 11.1 Å². The van der Waals surface area contributed by atoms with Crippen molar-refractivity contribution in [2.24, 2.45) is 0 Å². The Morgan fingerprint density at radius 3 is 2.74 bits per heavy atom. The zero-order valence-corrected chi connectivity index (χ0v) is 11.9. The Labute approximate surface area is 115 Å². The number of pyridine rings is 1. The highest BCUT2D eigenvalue weighted by Gasteiger charge is 2.18. The van der Waals surface area contributed by atoms with Gasteiger partial charge in [-0.3, -0.25) is 15.1 Å². The molecule has 5 nitrogen and oxygen atoms in total. The molecule has 0 saturated carbocycles. The van der Waals surface area contributed by atoms with Gasteiger partial charge in [-0.15, -0.1) is 11.3 Å². The first-order valence-electron chi connectivity index (χ1n) is 5.85. The zero-order chi connectivity index (χ0) is 14.0. The molecule has 0 aromatic carbocycles. The number of rotatable bonds is 2. The van der Waals surface area contributed by atoms with E-state index in [4.69, 9.17) is 5.73 Å². The van der Waals surface area contributed by atoms with E-state index >= 15 is 0 Å². The molecule has 0 saturated heterocycles.